The zero-order valence-electron chi connectivity index (χ0n) is 11.5. The van der Waals surface area contributed by atoms with Crippen LogP contribution in [-0.2, 0) is 6.42 Å². The van der Waals surface area contributed by atoms with Crippen molar-refractivity contribution in [2.24, 2.45) is 17.1 Å². The molecule has 1 unspecified atom stereocenters. The second-order valence-corrected chi connectivity index (χ2v) is 6.50. The molecule has 1 aliphatic rings. The molecule has 18 heavy (non-hydrogen) atoms. The number of benzene rings is 1. The van der Waals surface area contributed by atoms with Crippen LogP contribution in [0.4, 0.5) is 4.39 Å². The molecular weight excluding hydrogens is 225 g/mol. The molecule has 0 amide bonds. The van der Waals surface area contributed by atoms with Gasteiger partial charge >= 0.3 is 0 Å². The molecule has 0 bridgehead atoms. The average molecular weight is 249 g/mol. The van der Waals surface area contributed by atoms with Gasteiger partial charge in [0.1, 0.15) is 5.82 Å². The first-order valence-electron chi connectivity index (χ1n) is 6.96. The Kier molecular flexibility index (Phi) is 4.06. The summed E-state index contributed by atoms with van der Waals surface area (Å²) < 4.78 is 13.1. The first-order chi connectivity index (χ1) is 8.46. The summed E-state index contributed by atoms with van der Waals surface area (Å²) >= 11 is 0. The molecule has 1 atom stereocenters. The first-order valence-corrected chi connectivity index (χ1v) is 6.96. The predicted molar refractivity (Wildman–Crippen MR) is 73.8 cm³/mol. The lowest BCUT2D eigenvalue weighted by atomic mass is 9.70. The van der Waals surface area contributed by atoms with Crippen LogP contribution in [0.25, 0.3) is 0 Å². The second-order valence-electron chi connectivity index (χ2n) is 6.50. The summed E-state index contributed by atoms with van der Waals surface area (Å²) in [6, 6.07) is 6.99. The third-order valence-electron chi connectivity index (χ3n) is 4.35. The van der Waals surface area contributed by atoms with E-state index in [0.29, 0.717) is 11.3 Å². The molecule has 0 aliphatic heterocycles. The minimum absolute atomic E-state index is 0.163. The van der Waals surface area contributed by atoms with Gasteiger partial charge in [0.05, 0.1) is 0 Å². The van der Waals surface area contributed by atoms with Crippen molar-refractivity contribution in [3.8, 4) is 0 Å². The highest BCUT2D eigenvalue weighted by atomic mass is 19.1. The fourth-order valence-electron chi connectivity index (χ4n) is 2.95. The molecule has 0 radical (unpaired) electrons. The largest absolute Gasteiger partial charge is 0.327 e. The average Bonchev–Trinajstić information content (AvgIpc) is 2.28. The van der Waals surface area contributed by atoms with E-state index in [9.17, 15) is 4.39 Å². The van der Waals surface area contributed by atoms with Crippen LogP contribution in [0.2, 0.25) is 0 Å². The molecule has 1 aliphatic carbocycles. The number of hydrogen-bond acceptors (Lipinski definition) is 1. The molecule has 0 aromatic heterocycles. The molecule has 0 heterocycles. The molecule has 0 saturated heterocycles. The zero-order valence-corrected chi connectivity index (χ0v) is 11.5. The Morgan fingerprint density at radius 1 is 1.33 bits per heavy atom. The van der Waals surface area contributed by atoms with Gasteiger partial charge in [-0.1, -0.05) is 26.0 Å². The van der Waals surface area contributed by atoms with Crippen molar-refractivity contribution in [1.29, 1.82) is 0 Å². The fraction of sp³-hybridized carbons (Fsp3) is 0.625. The molecule has 100 valence electrons. The lowest BCUT2D eigenvalue weighted by Crippen LogP contribution is -2.36. The summed E-state index contributed by atoms with van der Waals surface area (Å²) in [4.78, 5) is 0. The van der Waals surface area contributed by atoms with E-state index in [1.54, 1.807) is 12.1 Å². The van der Waals surface area contributed by atoms with Gasteiger partial charge in [-0.05, 0) is 61.1 Å². The van der Waals surface area contributed by atoms with Crippen LogP contribution in [0.3, 0.4) is 0 Å². The summed E-state index contributed by atoms with van der Waals surface area (Å²) in [5.74, 6) is 0.436. The maximum Gasteiger partial charge on any atom is 0.123 e. The van der Waals surface area contributed by atoms with Crippen LogP contribution in [0.1, 0.15) is 45.1 Å². The van der Waals surface area contributed by atoms with Gasteiger partial charge < -0.3 is 5.73 Å². The van der Waals surface area contributed by atoms with Gasteiger partial charge in [-0.2, -0.15) is 0 Å². The molecule has 0 spiro atoms. The molecule has 2 heteroatoms. The van der Waals surface area contributed by atoms with Crippen LogP contribution < -0.4 is 5.73 Å². The van der Waals surface area contributed by atoms with Gasteiger partial charge in [-0.25, -0.2) is 4.39 Å². The Bertz CT molecular complexity index is 390. The SMILES string of the molecule is CC1(C)CCC(C(N)Cc2cccc(F)c2)CC1. The summed E-state index contributed by atoms with van der Waals surface area (Å²) in [7, 11) is 0. The Balaban J connectivity index is 1.91. The lowest BCUT2D eigenvalue weighted by Gasteiger charge is -2.36. The molecular formula is C16H24FN. The minimum atomic E-state index is -0.163. The van der Waals surface area contributed by atoms with Crippen molar-refractivity contribution in [3.63, 3.8) is 0 Å². The standard InChI is InChI=1S/C16H24FN/c1-16(2)8-6-13(7-9-16)15(18)11-12-4-3-5-14(17)10-12/h3-5,10,13,15H,6-9,11,18H2,1-2H3. The highest BCUT2D eigenvalue weighted by Gasteiger charge is 2.29. The lowest BCUT2D eigenvalue weighted by molar-refractivity contribution is 0.173. The van der Waals surface area contributed by atoms with Gasteiger partial charge in [0, 0.05) is 6.04 Å². The van der Waals surface area contributed by atoms with E-state index in [2.05, 4.69) is 13.8 Å². The Morgan fingerprint density at radius 3 is 2.61 bits per heavy atom. The summed E-state index contributed by atoms with van der Waals surface area (Å²) in [6.07, 6.45) is 5.73. The van der Waals surface area contributed by atoms with Crippen LogP contribution in [0, 0.1) is 17.2 Å². The summed E-state index contributed by atoms with van der Waals surface area (Å²) in [5, 5.41) is 0. The molecule has 2 rings (SSSR count). The monoisotopic (exact) mass is 249 g/mol. The number of halogens is 1. The smallest absolute Gasteiger partial charge is 0.123 e. The molecule has 1 aromatic rings. The normalized spacial score (nSPS) is 21.8. The molecule has 2 N–H and O–H groups in total. The van der Waals surface area contributed by atoms with Crippen LogP contribution >= 0.6 is 0 Å². The molecule has 1 fully saturated rings. The third-order valence-corrected chi connectivity index (χ3v) is 4.35. The maximum absolute atomic E-state index is 13.1. The second kappa shape index (κ2) is 5.40. The Labute approximate surface area is 110 Å². The van der Waals surface area contributed by atoms with E-state index in [0.717, 1.165) is 12.0 Å². The Morgan fingerprint density at radius 2 is 2.00 bits per heavy atom. The van der Waals surface area contributed by atoms with Gasteiger partial charge in [-0.15, -0.1) is 0 Å². The molecule has 1 aromatic carbocycles. The van der Waals surface area contributed by atoms with Gasteiger partial charge in [0.15, 0.2) is 0 Å². The van der Waals surface area contributed by atoms with Crippen molar-refractivity contribution in [2.45, 2.75) is 52.0 Å². The van der Waals surface area contributed by atoms with E-state index < -0.39 is 0 Å². The van der Waals surface area contributed by atoms with Crippen molar-refractivity contribution >= 4 is 0 Å². The highest BCUT2D eigenvalue weighted by Crippen LogP contribution is 2.39. The number of hydrogen-bond donors (Lipinski definition) is 1. The quantitative estimate of drug-likeness (QED) is 0.863. The fourth-order valence-corrected chi connectivity index (χ4v) is 2.95. The van der Waals surface area contributed by atoms with Gasteiger partial charge in [0.2, 0.25) is 0 Å². The predicted octanol–water partition coefficient (Wildman–Crippen LogP) is 3.91. The third kappa shape index (κ3) is 3.55. The van der Waals surface area contributed by atoms with E-state index in [1.165, 1.54) is 31.7 Å². The zero-order chi connectivity index (χ0) is 13.2. The van der Waals surface area contributed by atoms with Crippen molar-refractivity contribution in [2.75, 3.05) is 0 Å². The van der Waals surface area contributed by atoms with E-state index in [-0.39, 0.29) is 11.9 Å². The van der Waals surface area contributed by atoms with E-state index >= 15 is 0 Å². The van der Waals surface area contributed by atoms with Crippen LogP contribution in [-0.4, -0.2) is 6.04 Å². The molecule has 1 nitrogen and oxygen atoms in total. The number of rotatable bonds is 3. The molecule has 1 saturated carbocycles. The van der Waals surface area contributed by atoms with Gasteiger partial charge in [0.25, 0.3) is 0 Å². The van der Waals surface area contributed by atoms with Crippen LogP contribution in [0.15, 0.2) is 24.3 Å². The van der Waals surface area contributed by atoms with E-state index in [4.69, 9.17) is 5.73 Å². The summed E-state index contributed by atoms with van der Waals surface area (Å²) in [5.41, 5.74) is 7.80. The van der Waals surface area contributed by atoms with Crippen molar-refractivity contribution in [3.05, 3.63) is 35.6 Å². The minimum Gasteiger partial charge on any atom is -0.327 e. The van der Waals surface area contributed by atoms with Gasteiger partial charge in [-0.3, -0.25) is 0 Å². The number of nitrogens with two attached hydrogens (primary N) is 1. The summed E-state index contributed by atoms with van der Waals surface area (Å²) in [6.45, 7) is 4.67. The topological polar surface area (TPSA) is 26.0 Å². The maximum atomic E-state index is 13.1. The van der Waals surface area contributed by atoms with Crippen molar-refractivity contribution in [1.82, 2.24) is 0 Å². The van der Waals surface area contributed by atoms with Crippen LogP contribution in [0.5, 0.6) is 0 Å². The van der Waals surface area contributed by atoms with E-state index in [1.807, 2.05) is 6.07 Å². The van der Waals surface area contributed by atoms with Crippen molar-refractivity contribution < 1.29 is 4.39 Å². The Hall–Kier alpha value is -0.890. The first kappa shape index (κ1) is 13.5. The highest BCUT2D eigenvalue weighted by molar-refractivity contribution is 5.17.